The Hall–Kier alpha value is -1.14. The largest absolute Gasteiger partial charge is 0.396 e. The summed E-state index contributed by atoms with van der Waals surface area (Å²) in [5, 5.41) is 1.49. The second kappa shape index (κ2) is 4.59. The molecule has 0 saturated heterocycles. The third-order valence-corrected chi connectivity index (χ3v) is 2.31. The van der Waals surface area contributed by atoms with Gasteiger partial charge in [-0.15, -0.1) is 0 Å². The van der Waals surface area contributed by atoms with Gasteiger partial charge in [0.1, 0.15) is 5.82 Å². The van der Waals surface area contributed by atoms with Crippen molar-refractivity contribution in [2.75, 3.05) is 19.8 Å². The molecule has 0 atom stereocenters. The number of benzene rings is 1. The molecule has 1 aromatic rings. The summed E-state index contributed by atoms with van der Waals surface area (Å²) in [6.07, 6.45) is 0. The molecule has 1 amide bonds. The number of carbonyl (C=O) groups is 1. The molecule has 4 nitrogen and oxygen atoms in total. The zero-order chi connectivity index (χ0) is 11.6. The predicted molar refractivity (Wildman–Crippen MR) is 59.7 cm³/mol. The summed E-state index contributed by atoms with van der Waals surface area (Å²) in [5.41, 5.74) is 8.14. The molecule has 0 aliphatic heterocycles. The summed E-state index contributed by atoms with van der Waals surface area (Å²) in [5.74, 6) is -0.901. The van der Waals surface area contributed by atoms with Crippen molar-refractivity contribution >= 4 is 27.5 Å². The van der Waals surface area contributed by atoms with Crippen molar-refractivity contribution < 1.29 is 9.18 Å². The fraction of sp³-hybridized carbons (Fsp3) is 0.222. The molecule has 0 aliphatic carbocycles. The monoisotopic (exact) mass is 275 g/mol. The highest BCUT2D eigenvalue weighted by Gasteiger charge is 2.13. The Bertz CT molecular complexity index is 395. The molecule has 82 valence electrons. The first-order valence-corrected chi connectivity index (χ1v) is 4.94. The molecule has 3 N–H and O–H groups in total. The van der Waals surface area contributed by atoms with Crippen LogP contribution in [0.4, 0.5) is 10.1 Å². The molecule has 6 heteroatoms. The van der Waals surface area contributed by atoms with Gasteiger partial charge in [0.2, 0.25) is 0 Å². The lowest BCUT2D eigenvalue weighted by Gasteiger charge is -2.13. The fourth-order valence-corrected chi connectivity index (χ4v) is 1.50. The number of halogens is 2. The average molecular weight is 276 g/mol. The van der Waals surface area contributed by atoms with Gasteiger partial charge in [0.05, 0.1) is 11.3 Å². The van der Waals surface area contributed by atoms with Gasteiger partial charge in [-0.2, -0.15) is 0 Å². The summed E-state index contributed by atoms with van der Waals surface area (Å²) in [7, 11) is 3.36. The first-order chi connectivity index (χ1) is 6.91. The Balaban J connectivity index is 3.04. The lowest BCUT2D eigenvalue weighted by Crippen LogP contribution is -2.36. The van der Waals surface area contributed by atoms with Crippen LogP contribution in [0.2, 0.25) is 0 Å². The molecule has 0 fully saturated rings. The summed E-state index contributed by atoms with van der Waals surface area (Å²) in [6, 6.07) is 2.46. The van der Waals surface area contributed by atoms with E-state index in [1.165, 1.54) is 17.1 Å². The van der Waals surface area contributed by atoms with Crippen molar-refractivity contribution in [2.24, 2.45) is 0 Å². The quantitative estimate of drug-likeness (QED) is 0.633. The van der Waals surface area contributed by atoms with Crippen molar-refractivity contribution in [1.29, 1.82) is 0 Å². The Morgan fingerprint density at radius 3 is 2.67 bits per heavy atom. The third-order valence-electron chi connectivity index (χ3n) is 1.66. The first-order valence-electron chi connectivity index (χ1n) is 4.14. The van der Waals surface area contributed by atoms with Crippen LogP contribution in [-0.2, 0) is 0 Å². The molecule has 0 aromatic heterocycles. The van der Waals surface area contributed by atoms with E-state index in [0.29, 0.717) is 10.0 Å². The number of anilines is 1. The highest BCUT2D eigenvalue weighted by Crippen LogP contribution is 2.22. The predicted octanol–water partition coefficient (Wildman–Crippen LogP) is 1.38. The Labute approximate surface area is 95.3 Å². The van der Waals surface area contributed by atoms with E-state index in [0.717, 1.165) is 0 Å². The van der Waals surface area contributed by atoms with Gasteiger partial charge in [-0.25, -0.2) is 9.40 Å². The molecule has 0 spiro atoms. The van der Waals surface area contributed by atoms with E-state index in [4.69, 9.17) is 5.73 Å². The van der Waals surface area contributed by atoms with Crippen LogP contribution in [0.1, 0.15) is 10.4 Å². The van der Waals surface area contributed by atoms with E-state index in [-0.39, 0.29) is 11.6 Å². The standard InChI is InChI=1S/C9H11BrFN3O/c1-14(2)13-9(15)5-3-8(12)7(11)4-6(5)10/h3-4H,12H2,1-2H3,(H,13,15). The van der Waals surface area contributed by atoms with Crippen molar-refractivity contribution in [3.63, 3.8) is 0 Å². The zero-order valence-electron chi connectivity index (χ0n) is 8.34. The van der Waals surface area contributed by atoms with Crippen molar-refractivity contribution in [1.82, 2.24) is 10.4 Å². The number of amides is 1. The Morgan fingerprint density at radius 1 is 1.53 bits per heavy atom. The first kappa shape index (κ1) is 11.9. The minimum atomic E-state index is -0.553. The van der Waals surface area contributed by atoms with Gasteiger partial charge in [-0.05, 0) is 28.1 Å². The lowest BCUT2D eigenvalue weighted by atomic mass is 10.2. The van der Waals surface area contributed by atoms with Crippen molar-refractivity contribution in [2.45, 2.75) is 0 Å². The molecule has 0 bridgehead atoms. The lowest BCUT2D eigenvalue weighted by molar-refractivity contribution is 0.0856. The van der Waals surface area contributed by atoms with Gasteiger partial charge in [0.15, 0.2) is 0 Å². The smallest absolute Gasteiger partial charge is 0.266 e. The number of nitrogens with two attached hydrogens (primary N) is 1. The molecule has 0 heterocycles. The molecule has 1 rings (SSSR count). The second-order valence-electron chi connectivity index (χ2n) is 3.19. The molecule has 15 heavy (non-hydrogen) atoms. The van der Waals surface area contributed by atoms with Crippen LogP contribution in [-0.4, -0.2) is 25.0 Å². The maximum Gasteiger partial charge on any atom is 0.266 e. The summed E-state index contributed by atoms with van der Waals surface area (Å²) < 4.78 is 13.4. The van der Waals surface area contributed by atoms with Crippen LogP contribution in [0.5, 0.6) is 0 Å². The van der Waals surface area contributed by atoms with E-state index in [1.54, 1.807) is 14.1 Å². The molecule has 0 unspecified atom stereocenters. The molecule has 0 saturated carbocycles. The number of nitrogen functional groups attached to an aromatic ring is 1. The van der Waals surface area contributed by atoms with E-state index in [9.17, 15) is 9.18 Å². The molecular weight excluding hydrogens is 265 g/mol. The minimum absolute atomic E-state index is 0.0536. The number of hydrogen-bond acceptors (Lipinski definition) is 3. The van der Waals surface area contributed by atoms with Gasteiger partial charge in [-0.3, -0.25) is 10.2 Å². The van der Waals surface area contributed by atoms with Crippen LogP contribution in [0, 0.1) is 5.82 Å². The van der Waals surface area contributed by atoms with E-state index in [2.05, 4.69) is 21.4 Å². The highest BCUT2D eigenvalue weighted by molar-refractivity contribution is 9.10. The van der Waals surface area contributed by atoms with Crippen LogP contribution < -0.4 is 11.2 Å². The third kappa shape index (κ3) is 2.90. The van der Waals surface area contributed by atoms with Gasteiger partial charge in [0, 0.05) is 18.6 Å². The van der Waals surface area contributed by atoms with Crippen LogP contribution in [0.25, 0.3) is 0 Å². The summed E-state index contributed by atoms with van der Waals surface area (Å²) in [6.45, 7) is 0. The Kier molecular flexibility index (Phi) is 3.65. The van der Waals surface area contributed by atoms with Crippen molar-refractivity contribution in [3.05, 3.63) is 28.0 Å². The van der Waals surface area contributed by atoms with Crippen molar-refractivity contribution in [3.8, 4) is 0 Å². The second-order valence-corrected chi connectivity index (χ2v) is 4.04. The Morgan fingerprint density at radius 2 is 2.13 bits per heavy atom. The van der Waals surface area contributed by atoms with E-state index >= 15 is 0 Å². The molecule has 0 aliphatic rings. The van der Waals surface area contributed by atoms with Gasteiger partial charge < -0.3 is 5.73 Å². The maximum atomic E-state index is 13.0. The maximum absolute atomic E-state index is 13.0. The number of hydrazine groups is 1. The molecule has 0 radical (unpaired) electrons. The number of nitrogens with zero attached hydrogens (tertiary/aromatic N) is 1. The topological polar surface area (TPSA) is 58.4 Å². The molecule has 1 aromatic carbocycles. The van der Waals surface area contributed by atoms with Gasteiger partial charge >= 0.3 is 0 Å². The SMILES string of the molecule is CN(C)NC(=O)c1cc(N)c(F)cc1Br. The van der Waals surface area contributed by atoms with Gasteiger partial charge in [-0.1, -0.05) is 0 Å². The van der Waals surface area contributed by atoms with Crippen LogP contribution in [0.15, 0.2) is 16.6 Å². The number of rotatable bonds is 2. The summed E-state index contributed by atoms with van der Waals surface area (Å²) in [4.78, 5) is 11.6. The minimum Gasteiger partial charge on any atom is -0.396 e. The highest BCUT2D eigenvalue weighted by atomic mass is 79.9. The number of nitrogens with one attached hydrogen (secondary N) is 1. The van der Waals surface area contributed by atoms with Crippen LogP contribution in [0.3, 0.4) is 0 Å². The van der Waals surface area contributed by atoms with Gasteiger partial charge in [0.25, 0.3) is 5.91 Å². The number of carbonyl (C=O) groups excluding carboxylic acids is 1. The zero-order valence-corrected chi connectivity index (χ0v) is 9.93. The fourth-order valence-electron chi connectivity index (χ4n) is 1.00. The average Bonchev–Trinajstić information content (AvgIpc) is 2.09. The number of hydrogen-bond donors (Lipinski definition) is 2. The van der Waals surface area contributed by atoms with E-state index < -0.39 is 5.82 Å². The normalized spacial score (nSPS) is 10.5. The van der Waals surface area contributed by atoms with Crippen LogP contribution >= 0.6 is 15.9 Å². The summed E-state index contributed by atoms with van der Waals surface area (Å²) >= 11 is 3.10. The van der Waals surface area contributed by atoms with E-state index in [1.807, 2.05) is 0 Å². The molecular formula is C9H11BrFN3O.